The number of rotatable bonds is 26. The molecule has 0 amide bonds. The lowest BCUT2D eigenvalue weighted by atomic mass is 10.2. The van der Waals surface area contributed by atoms with Gasteiger partial charge in [-0.1, -0.05) is 17.2 Å². The minimum Gasteiger partial charge on any atom is -0.491 e. The molecule has 0 spiro atoms. The maximum atomic E-state index is 11.7. The minimum absolute atomic E-state index is 0.164. The molecule has 0 aliphatic rings. The molecule has 0 unspecified atom stereocenters. The van der Waals surface area contributed by atoms with Gasteiger partial charge in [0.15, 0.2) is 0 Å². The van der Waals surface area contributed by atoms with Gasteiger partial charge in [-0.05, 0) is 44.0 Å². The molecular formula is C27H46N4O9. The molecular weight excluding hydrogens is 524 g/mol. The van der Waals surface area contributed by atoms with E-state index in [2.05, 4.69) is 15.3 Å². The summed E-state index contributed by atoms with van der Waals surface area (Å²) < 4.78 is 43.4. The molecule has 1 aromatic rings. The van der Waals surface area contributed by atoms with Crippen LogP contribution in [0, 0.1) is 0 Å². The molecule has 0 radical (unpaired) electrons. The first-order valence-corrected chi connectivity index (χ1v) is 13.5. The first-order valence-electron chi connectivity index (χ1n) is 13.5. The Hall–Kier alpha value is -2.48. The van der Waals surface area contributed by atoms with Crippen LogP contribution < -0.4 is 10.1 Å². The summed E-state index contributed by atoms with van der Waals surface area (Å²) in [5, 5.41) is 6.45. The molecule has 13 heteroatoms. The smallest absolute Gasteiger partial charge is 0.320 e. The van der Waals surface area contributed by atoms with Gasteiger partial charge >= 0.3 is 5.97 Å². The van der Waals surface area contributed by atoms with Crippen molar-refractivity contribution in [1.82, 2.24) is 5.32 Å². The van der Waals surface area contributed by atoms with Crippen molar-refractivity contribution in [3.05, 3.63) is 40.3 Å². The standard InChI is InChI=1S/C27H46N4O9/c1-27(2,3)40-26(32)23-29-22-24-4-6-25(7-5-24)39-21-20-38-19-18-37-17-16-36-15-14-35-13-12-34-11-10-33-9-8-30-31-28/h4-7,29H,8-23H2,1-3H3. The van der Waals surface area contributed by atoms with E-state index in [1.165, 1.54) is 0 Å². The highest BCUT2D eigenvalue weighted by atomic mass is 16.6. The van der Waals surface area contributed by atoms with E-state index in [4.69, 9.17) is 43.4 Å². The van der Waals surface area contributed by atoms with Crippen LogP contribution >= 0.6 is 0 Å². The second kappa shape index (κ2) is 24.3. The number of esters is 1. The Bertz CT molecular complexity index is 800. The molecule has 1 aromatic carbocycles. The van der Waals surface area contributed by atoms with Gasteiger partial charge in [-0.3, -0.25) is 4.79 Å². The van der Waals surface area contributed by atoms with Crippen LogP contribution in [0.15, 0.2) is 29.4 Å². The quantitative estimate of drug-likeness (QED) is 0.0579. The summed E-state index contributed by atoms with van der Waals surface area (Å²) in [6.45, 7) is 12.7. The van der Waals surface area contributed by atoms with E-state index in [1.54, 1.807) is 0 Å². The van der Waals surface area contributed by atoms with Gasteiger partial charge in [-0.15, -0.1) is 0 Å². The van der Waals surface area contributed by atoms with Crippen LogP contribution in [-0.2, 0) is 44.5 Å². The Morgan fingerprint density at radius 2 is 1.20 bits per heavy atom. The van der Waals surface area contributed by atoms with E-state index in [1.807, 2.05) is 45.0 Å². The molecule has 0 atom stereocenters. The predicted molar refractivity (Wildman–Crippen MR) is 148 cm³/mol. The van der Waals surface area contributed by atoms with Gasteiger partial charge in [0.05, 0.1) is 85.8 Å². The van der Waals surface area contributed by atoms with Crippen LogP contribution in [0.25, 0.3) is 10.4 Å². The fraction of sp³-hybridized carbons (Fsp3) is 0.741. The van der Waals surface area contributed by atoms with Crippen molar-refractivity contribution in [1.29, 1.82) is 0 Å². The zero-order chi connectivity index (χ0) is 29.2. The van der Waals surface area contributed by atoms with Crippen molar-refractivity contribution < 1.29 is 42.7 Å². The maximum absolute atomic E-state index is 11.7. The van der Waals surface area contributed by atoms with Crippen molar-refractivity contribution in [2.45, 2.75) is 32.9 Å². The maximum Gasteiger partial charge on any atom is 0.320 e. The van der Waals surface area contributed by atoms with Crippen LogP contribution in [0.1, 0.15) is 26.3 Å². The van der Waals surface area contributed by atoms with Crippen molar-refractivity contribution in [3.63, 3.8) is 0 Å². The molecule has 1 N–H and O–H groups in total. The van der Waals surface area contributed by atoms with Crippen molar-refractivity contribution in [2.75, 3.05) is 99.0 Å². The summed E-state index contributed by atoms with van der Waals surface area (Å²) in [6, 6.07) is 7.68. The number of benzene rings is 1. The number of ether oxygens (including phenoxy) is 8. The highest BCUT2D eigenvalue weighted by Gasteiger charge is 2.15. The highest BCUT2D eigenvalue weighted by molar-refractivity contribution is 5.72. The first-order chi connectivity index (χ1) is 19.4. The number of carbonyl (C=O) groups excluding carboxylic acids is 1. The Balaban J connectivity index is 1.83. The number of nitrogens with one attached hydrogen (secondary N) is 1. The summed E-state index contributed by atoms with van der Waals surface area (Å²) in [7, 11) is 0. The third-order valence-electron chi connectivity index (χ3n) is 4.70. The third-order valence-corrected chi connectivity index (χ3v) is 4.70. The average Bonchev–Trinajstić information content (AvgIpc) is 2.91. The van der Waals surface area contributed by atoms with Gasteiger partial charge in [0, 0.05) is 18.0 Å². The van der Waals surface area contributed by atoms with Gasteiger partial charge in [-0.25, -0.2) is 0 Å². The minimum atomic E-state index is -0.479. The number of hydrogen-bond acceptors (Lipinski definition) is 11. The number of nitrogens with zero attached hydrogens (tertiary/aromatic N) is 3. The van der Waals surface area contributed by atoms with Gasteiger partial charge in [0.2, 0.25) is 0 Å². The van der Waals surface area contributed by atoms with Crippen LogP contribution in [0.4, 0.5) is 0 Å². The predicted octanol–water partition coefficient (Wildman–Crippen LogP) is 2.91. The molecule has 0 aliphatic carbocycles. The molecule has 0 fully saturated rings. The largest absolute Gasteiger partial charge is 0.491 e. The Labute approximate surface area is 237 Å². The fourth-order valence-electron chi connectivity index (χ4n) is 2.96. The molecule has 0 aromatic heterocycles. The molecule has 0 bridgehead atoms. The molecule has 0 aliphatic heterocycles. The van der Waals surface area contributed by atoms with Gasteiger partial charge in [0.25, 0.3) is 0 Å². The van der Waals surface area contributed by atoms with Gasteiger partial charge in [0.1, 0.15) is 18.0 Å². The second-order valence-electron chi connectivity index (χ2n) is 9.31. The molecule has 0 saturated heterocycles. The van der Waals surface area contributed by atoms with E-state index >= 15 is 0 Å². The third kappa shape index (κ3) is 23.4. The van der Waals surface area contributed by atoms with Crippen molar-refractivity contribution in [3.8, 4) is 5.75 Å². The molecule has 40 heavy (non-hydrogen) atoms. The van der Waals surface area contributed by atoms with Crippen LogP contribution in [0.2, 0.25) is 0 Å². The van der Waals surface area contributed by atoms with Gasteiger partial charge in [-0.2, -0.15) is 0 Å². The molecule has 228 valence electrons. The summed E-state index contributed by atoms with van der Waals surface area (Å²) in [6.07, 6.45) is 0. The van der Waals surface area contributed by atoms with Crippen LogP contribution in [0.5, 0.6) is 5.75 Å². The molecule has 0 heterocycles. The van der Waals surface area contributed by atoms with E-state index in [-0.39, 0.29) is 12.5 Å². The topological polar surface area (TPSA) is 152 Å². The van der Waals surface area contributed by atoms with Crippen molar-refractivity contribution >= 4 is 5.97 Å². The lowest BCUT2D eigenvalue weighted by Crippen LogP contribution is -2.31. The number of azide groups is 1. The number of hydrogen-bond donors (Lipinski definition) is 1. The summed E-state index contributed by atoms with van der Waals surface area (Å²) in [5.74, 6) is 0.487. The zero-order valence-corrected chi connectivity index (χ0v) is 24.1. The van der Waals surface area contributed by atoms with Crippen LogP contribution in [0.3, 0.4) is 0 Å². The van der Waals surface area contributed by atoms with Crippen molar-refractivity contribution in [2.24, 2.45) is 5.11 Å². The number of carbonyl (C=O) groups is 1. The summed E-state index contributed by atoms with van der Waals surface area (Å²) in [4.78, 5) is 14.4. The average molecular weight is 571 g/mol. The summed E-state index contributed by atoms with van der Waals surface area (Å²) >= 11 is 0. The Morgan fingerprint density at radius 3 is 1.65 bits per heavy atom. The molecule has 1 rings (SSSR count). The van der Waals surface area contributed by atoms with E-state index < -0.39 is 5.60 Å². The normalized spacial score (nSPS) is 11.3. The fourth-order valence-corrected chi connectivity index (χ4v) is 2.96. The van der Waals surface area contributed by atoms with Gasteiger partial charge < -0.3 is 43.2 Å². The molecule has 0 saturated carbocycles. The van der Waals surface area contributed by atoms with E-state index in [9.17, 15) is 4.79 Å². The lowest BCUT2D eigenvalue weighted by molar-refractivity contribution is -0.153. The zero-order valence-electron chi connectivity index (χ0n) is 24.1. The Morgan fingerprint density at radius 1 is 0.750 bits per heavy atom. The summed E-state index contributed by atoms with van der Waals surface area (Å²) in [5.41, 5.74) is 8.70. The van der Waals surface area contributed by atoms with E-state index in [0.29, 0.717) is 99.0 Å². The van der Waals surface area contributed by atoms with Crippen LogP contribution in [-0.4, -0.2) is 111 Å². The first kappa shape index (κ1) is 35.5. The molecule has 13 nitrogen and oxygen atoms in total. The van der Waals surface area contributed by atoms with E-state index in [0.717, 1.165) is 11.3 Å². The Kier molecular flexibility index (Phi) is 21.6. The SMILES string of the molecule is CC(C)(C)OC(=O)CNCc1ccc(OCCOCCOCCOCCOCCOCCOCCN=[N+]=[N-])cc1. The monoisotopic (exact) mass is 570 g/mol. The highest BCUT2D eigenvalue weighted by Crippen LogP contribution is 2.12. The second-order valence-corrected chi connectivity index (χ2v) is 9.31. The lowest BCUT2D eigenvalue weighted by Gasteiger charge is -2.19.